The zero-order valence-corrected chi connectivity index (χ0v) is 21.9. The first kappa shape index (κ1) is 25.8. The standard InChI is InChI=1S/C23H37BrN2O5S/c1-5-7-8-9-25-20(28)19-23-11-15(24)18(32-23)16(22(30)31-6-2)17(23)21(29)26(19)14(12-27)10-13(3)4/h13-19,27H,5-12H2,1-4H3,(H,25,28)/t14-,15?,16+,17+,18+,19?,23?/m1/s1. The Balaban J connectivity index is 1.99. The second-order valence-corrected chi connectivity index (χ2v) is 12.3. The zero-order chi connectivity index (χ0) is 23.6. The van der Waals surface area contributed by atoms with Crippen molar-refractivity contribution in [1.82, 2.24) is 10.2 Å². The molecule has 0 aromatic heterocycles. The highest BCUT2D eigenvalue weighted by atomic mass is 79.9. The van der Waals surface area contributed by atoms with Crippen molar-refractivity contribution in [2.45, 2.75) is 86.7 Å². The third kappa shape index (κ3) is 4.45. The lowest BCUT2D eigenvalue weighted by atomic mass is 9.71. The van der Waals surface area contributed by atoms with E-state index in [2.05, 4.69) is 28.2 Å². The number of halogens is 1. The molecule has 7 atom stereocenters. The van der Waals surface area contributed by atoms with E-state index in [-0.39, 0.29) is 47.0 Å². The van der Waals surface area contributed by atoms with E-state index in [1.807, 2.05) is 13.8 Å². The molecule has 3 unspecified atom stereocenters. The number of carbonyl (C=O) groups excluding carboxylic acids is 3. The molecule has 0 saturated carbocycles. The number of carbonyl (C=O) groups is 3. The monoisotopic (exact) mass is 532 g/mol. The topological polar surface area (TPSA) is 95.9 Å². The fraction of sp³-hybridized carbons (Fsp3) is 0.870. The van der Waals surface area contributed by atoms with Crippen molar-refractivity contribution in [3.8, 4) is 0 Å². The third-order valence-electron chi connectivity index (χ3n) is 6.96. The predicted molar refractivity (Wildman–Crippen MR) is 129 cm³/mol. The average Bonchev–Trinajstić information content (AvgIpc) is 3.33. The first-order valence-electron chi connectivity index (χ1n) is 11.9. The van der Waals surface area contributed by atoms with Crippen molar-refractivity contribution >= 4 is 45.5 Å². The number of esters is 1. The van der Waals surface area contributed by atoms with E-state index in [4.69, 9.17) is 4.74 Å². The fourth-order valence-electron chi connectivity index (χ4n) is 5.77. The smallest absolute Gasteiger partial charge is 0.310 e. The van der Waals surface area contributed by atoms with Crippen LogP contribution in [0.3, 0.4) is 0 Å². The van der Waals surface area contributed by atoms with E-state index in [1.165, 1.54) is 0 Å². The maximum absolute atomic E-state index is 13.9. The van der Waals surface area contributed by atoms with Gasteiger partial charge in [-0.2, -0.15) is 0 Å². The molecule has 2 amide bonds. The van der Waals surface area contributed by atoms with Gasteiger partial charge in [-0.1, -0.05) is 49.5 Å². The summed E-state index contributed by atoms with van der Waals surface area (Å²) in [4.78, 5) is 42.0. The van der Waals surface area contributed by atoms with Gasteiger partial charge in [-0.25, -0.2) is 0 Å². The molecule has 3 aliphatic rings. The maximum atomic E-state index is 13.9. The molecule has 3 rings (SSSR count). The molecule has 1 spiro atoms. The normalized spacial score (nSPS) is 34.2. The summed E-state index contributed by atoms with van der Waals surface area (Å²) in [5.41, 5.74) is 0. The summed E-state index contributed by atoms with van der Waals surface area (Å²) < 4.78 is 4.67. The van der Waals surface area contributed by atoms with Crippen LogP contribution in [0.4, 0.5) is 0 Å². The summed E-state index contributed by atoms with van der Waals surface area (Å²) in [6.45, 7) is 8.57. The first-order chi connectivity index (χ1) is 15.2. The molecule has 3 heterocycles. The lowest BCUT2D eigenvalue weighted by Crippen LogP contribution is -2.57. The summed E-state index contributed by atoms with van der Waals surface area (Å²) in [5, 5.41) is 13.2. The number of alkyl halides is 1. The summed E-state index contributed by atoms with van der Waals surface area (Å²) in [7, 11) is 0. The second kappa shape index (κ2) is 10.6. The van der Waals surface area contributed by atoms with Crippen molar-refractivity contribution < 1.29 is 24.2 Å². The van der Waals surface area contributed by atoms with Crippen LogP contribution in [0.15, 0.2) is 0 Å². The quantitative estimate of drug-likeness (QED) is 0.241. The number of likely N-dealkylation sites (tertiary alicyclic amines) is 1. The molecule has 0 aliphatic carbocycles. The van der Waals surface area contributed by atoms with Crippen LogP contribution in [0.25, 0.3) is 0 Å². The Morgan fingerprint density at radius 1 is 1.34 bits per heavy atom. The molecule has 0 radical (unpaired) electrons. The van der Waals surface area contributed by atoms with Crippen LogP contribution in [0.5, 0.6) is 0 Å². The Labute approximate surface area is 203 Å². The van der Waals surface area contributed by atoms with Crippen LogP contribution < -0.4 is 5.32 Å². The van der Waals surface area contributed by atoms with Gasteiger partial charge in [0.25, 0.3) is 0 Å². The summed E-state index contributed by atoms with van der Waals surface area (Å²) in [6.07, 6.45) is 4.20. The molecule has 182 valence electrons. The number of fused-ring (bicyclic) bond motifs is 1. The Bertz CT molecular complexity index is 723. The van der Waals surface area contributed by atoms with Crippen LogP contribution in [0.1, 0.15) is 59.8 Å². The number of ether oxygens (including phenoxy) is 1. The van der Waals surface area contributed by atoms with E-state index in [1.54, 1.807) is 23.6 Å². The second-order valence-electron chi connectivity index (χ2n) is 9.63. The highest BCUT2D eigenvalue weighted by Crippen LogP contribution is 2.68. The summed E-state index contributed by atoms with van der Waals surface area (Å²) in [5.74, 6) is -1.65. The van der Waals surface area contributed by atoms with Gasteiger partial charge in [-0.3, -0.25) is 14.4 Å². The first-order valence-corrected chi connectivity index (χ1v) is 13.7. The van der Waals surface area contributed by atoms with Crippen molar-refractivity contribution in [1.29, 1.82) is 0 Å². The Hall–Kier alpha value is -0.800. The van der Waals surface area contributed by atoms with Crippen molar-refractivity contribution in [3.05, 3.63) is 0 Å². The highest BCUT2D eigenvalue weighted by Gasteiger charge is 2.76. The van der Waals surface area contributed by atoms with Gasteiger partial charge in [0, 0.05) is 16.6 Å². The third-order valence-corrected chi connectivity index (χ3v) is 10.2. The SMILES string of the molecule is CCCCCNC(=O)C1N([C@@H](CO)CC(C)C)C(=O)[C@@H]2[C@H](C(=O)OCC)[C@H]3SC12CC3Br. The molecule has 3 aliphatic heterocycles. The average molecular weight is 534 g/mol. The van der Waals surface area contributed by atoms with Gasteiger partial charge in [0.15, 0.2) is 0 Å². The van der Waals surface area contributed by atoms with Crippen LogP contribution in [-0.4, -0.2) is 74.5 Å². The molecule has 2 N–H and O–H groups in total. The van der Waals surface area contributed by atoms with Crippen molar-refractivity contribution in [2.75, 3.05) is 19.8 Å². The molecule has 32 heavy (non-hydrogen) atoms. The van der Waals surface area contributed by atoms with Crippen LogP contribution >= 0.6 is 27.7 Å². The molecule has 0 aromatic rings. The lowest BCUT2D eigenvalue weighted by Gasteiger charge is -2.37. The molecule has 7 nitrogen and oxygen atoms in total. The van der Waals surface area contributed by atoms with Gasteiger partial charge >= 0.3 is 5.97 Å². The number of nitrogens with zero attached hydrogens (tertiary/aromatic N) is 1. The number of nitrogens with one attached hydrogen (secondary N) is 1. The minimum atomic E-state index is -0.702. The van der Waals surface area contributed by atoms with Gasteiger partial charge in [-0.05, 0) is 32.1 Å². The van der Waals surface area contributed by atoms with E-state index < -0.39 is 28.7 Å². The van der Waals surface area contributed by atoms with E-state index in [0.717, 1.165) is 19.3 Å². The maximum Gasteiger partial charge on any atom is 0.310 e. The molecule has 0 aromatic carbocycles. The molecule has 9 heteroatoms. The number of thioether (sulfide) groups is 1. The minimum Gasteiger partial charge on any atom is -0.466 e. The highest BCUT2D eigenvalue weighted by molar-refractivity contribution is 9.09. The van der Waals surface area contributed by atoms with Gasteiger partial charge in [0.2, 0.25) is 11.8 Å². The van der Waals surface area contributed by atoms with E-state index in [9.17, 15) is 19.5 Å². The Morgan fingerprint density at radius 3 is 2.66 bits per heavy atom. The molecular weight excluding hydrogens is 496 g/mol. The van der Waals surface area contributed by atoms with Gasteiger partial charge in [-0.15, -0.1) is 11.8 Å². The van der Waals surface area contributed by atoms with Gasteiger partial charge < -0.3 is 20.1 Å². The van der Waals surface area contributed by atoms with Crippen LogP contribution in [-0.2, 0) is 19.1 Å². The Morgan fingerprint density at radius 2 is 2.06 bits per heavy atom. The number of hydrogen-bond donors (Lipinski definition) is 2. The number of unbranched alkanes of at least 4 members (excludes halogenated alkanes) is 2. The molecule has 3 saturated heterocycles. The fourth-order valence-corrected chi connectivity index (χ4v) is 9.36. The van der Waals surface area contributed by atoms with E-state index >= 15 is 0 Å². The molecular formula is C23H37BrN2O5S. The van der Waals surface area contributed by atoms with E-state index in [0.29, 0.717) is 19.4 Å². The largest absolute Gasteiger partial charge is 0.466 e. The van der Waals surface area contributed by atoms with Crippen LogP contribution in [0, 0.1) is 17.8 Å². The molecule has 2 bridgehead atoms. The van der Waals surface area contributed by atoms with Gasteiger partial charge in [0.05, 0.1) is 35.8 Å². The number of aliphatic hydroxyl groups is 1. The lowest BCUT2D eigenvalue weighted by molar-refractivity contribution is -0.154. The van der Waals surface area contributed by atoms with Crippen molar-refractivity contribution in [2.24, 2.45) is 17.8 Å². The number of aliphatic hydroxyl groups excluding tert-OH is 1. The minimum absolute atomic E-state index is 0.0268. The predicted octanol–water partition coefficient (Wildman–Crippen LogP) is 2.73. The molecule has 3 fully saturated rings. The summed E-state index contributed by atoms with van der Waals surface area (Å²) >= 11 is 5.33. The number of amides is 2. The van der Waals surface area contributed by atoms with Gasteiger partial charge in [0.1, 0.15) is 6.04 Å². The summed E-state index contributed by atoms with van der Waals surface area (Å²) in [6, 6.07) is -1.16. The zero-order valence-electron chi connectivity index (χ0n) is 19.5. The van der Waals surface area contributed by atoms with Crippen LogP contribution in [0.2, 0.25) is 0 Å². The number of rotatable bonds is 11. The van der Waals surface area contributed by atoms with Crippen molar-refractivity contribution in [3.63, 3.8) is 0 Å². The Kier molecular flexibility index (Phi) is 8.58. The number of hydrogen-bond acceptors (Lipinski definition) is 6.